The van der Waals surface area contributed by atoms with Crippen LogP contribution in [0.2, 0.25) is 5.02 Å². The average Bonchev–Trinajstić information content (AvgIpc) is 2.77. The molecule has 1 heterocycles. The van der Waals surface area contributed by atoms with Gasteiger partial charge in [0.25, 0.3) is 0 Å². The van der Waals surface area contributed by atoms with Gasteiger partial charge >= 0.3 is 5.97 Å². The van der Waals surface area contributed by atoms with Crippen molar-refractivity contribution in [2.75, 3.05) is 20.3 Å². The fourth-order valence-electron chi connectivity index (χ4n) is 3.09. The molecule has 0 spiro atoms. The average molecular weight is 469 g/mol. The molecule has 170 valence electrons. The summed E-state index contributed by atoms with van der Waals surface area (Å²) in [4.78, 5) is 15.7. The van der Waals surface area contributed by atoms with Crippen LogP contribution in [-0.2, 0) is 19.6 Å². The zero-order valence-electron chi connectivity index (χ0n) is 17.6. The number of pyridine rings is 1. The van der Waals surface area contributed by atoms with Crippen LogP contribution < -0.4 is 9.46 Å². The van der Waals surface area contributed by atoms with Crippen molar-refractivity contribution in [3.63, 3.8) is 0 Å². The highest BCUT2D eigenvalue weighted by molar-refractivity contribution is 7.89. The Balaban J connectivity index is 1.74. The molecule has 1 atom stereocenters. The maximum absolute atomic E-state index is 12.3. The Labute approximate surface area is 189 Å². The van der Waals surface area contributed by atoms with E-state index in [2.05, 4.69) is 9.71 Å². The molecular weight excluding hydrogens is 440 g/mol. The van der Waals surface area contributed by atoms with Crippen LogP contribution in [-0.4, -0.2) is 39.6 Å². The molecule has 0 bridgehead atoms. The second kappa shape index (κ2) is 13.3. The third-order valence-electron chi connectivity index (χ3n) is 4.87. The van der Waals surface area contributed by atoms with Gasteiger partial charge in [0, 0.05) is 24.2 Å². The highest BCUT2D eigenvalue weighted by atomic mass is 35.5. The summed E-state index contributed by atoms with van der Waals surface area (Å²) in [5.74, 6) is 0.767. The Morgan fingerprint density at radius 3 is 2.58 bits per heavy atom. The Morgan fingerprint density at radius 1 is 1.13 bits per heavy atom. The summed E-state index contributed by atoms with van der Waals surface area (Å²) < 4.78 is 37.7. The molecule has 1 N–H and O–H groups in total. The second-order valence-electron chi connectivity index (χ2n) is 7.15. The van der Waals surface area contributed by atoms with E-state index < -0.39 is 10.0 Å². The molecule has 0 saturated heterocycles. The number of sulfonamides is 1. The van der Waals surface area contributed by atoms with Crippen molar-refractivity contribution in [1.29, 1.82) is 0 Å². The number of ether oxygens (including phenoxy) is 2. The van der Waals surface area contributed by atoms with Gasteiger partial charge in [0.2, 0.25) is 10.0 Å². The first kappa shape index (κ1) is 25.1. The number of hydrogen-bond donors (Lipinski definition) is 1. The molecule has 2 aromatic rings. The number of unbranched alkanes of at least 4 members (excludes halogenated alkanes) is 1. The van der Waals surface area contributed by atoms with Gasteiger partial charge in [-0.2, -0.15) is 0 Å². The summed E-state index contributed by atoms with van der Waals surface area (Å²) in [5.41, 5.74) is 0. The molecule has 0 saturated carbocycles. The van der Waals surface area contributed by atoms with E-state index in [9.17, 15) is 13.2 Å². The van der Waals surface area contributed by atoms with Crippen molar-refractivity contribution in [3.05, 3.63) is 53.8 Å². The highest BCUT2D eigenvalue weighted by Crippen LogP contribution is 2.20. The Hall–Kier alpha value is -2.16. The number of esters is 1. The topological polar surface area (TPSA) is 94.6 Å². The van der Waals surface area contributed by atoms with Crippen molar-refractivity contribution in [2.24, 2.45) is 5.92 Å². The lowest BCUT2D eigenvalue weighted by Gasteiger charge is -2.17. The fourth-order valence-corrected chi connectivity index (χ4v) is 4.29. The number of nitrogens with one attached hydrogen (secondary N) is 1. The first-order valence-electron chi connectivity index (χ1n) is 10.3. The molecule has 9 heteroatoms. The molecule has 0 fully saturated rings. The maximum atomic E-state index is 12.3. The number of carbonyl (C=O) groups is 1. The third-order valence-corrected chi connectivity index (χ3v) is 6.60. The number of rotatable bonds is 14. The fraction of sp³-hybridized carbons (Fsp3) is 0.455. The van der Waals surface area contributed by atoms with Crippen molar-refractivity contribution in [2.45, 2.75) is 43.4 Å². The molecule has 0 aliphatic heterocycles. The zero-order chi connectivity index (χ0) is 22.5. The van der Waals surface area contributed by atoms with Crippen LogP contribution in [0, 0.1) is 5.92 Å². The molecule has 7 nitrogen and oxygen atoms in total. The van der Waals surface area contributed by atoms with Crippen LogP contribution >= 0.6 is 11.6 Å². The van der Waals surface area contributed by atoms with Gasteiger partial charge < -0.3 is 9.47 Å². The summed E-state index contributed by atoms with van der Waals surface area (Å²) in [6.07, 6.45) is 7.62. The Kier molecular flexibility index (Phi) is 10.8. The summed E-state index contributed by atoms with van der Waals surface area (Å²) in [6, 6.07) is 9.73. The minimum atomic E-state index is -3.54. The smallest absolute Gasteiger partial charge is 0.305 e. The Bertz CT molecular complexity index is 892. The van der Waals surface area contributed by atoms with E-state index in [1.54, 1.807) is 24.5 Å². The van der Waals surface area contributed by atoms with Crippen molar-refractivity contribution >= 4 is 27.6 Å². The molecule has 1 aromatic heterocycles. The number of halogens is 1. The number of carbonyl (C=O) groups excluding carboxylic acids is 1. The van der Waals surface area contributed by atoms with Gasteiger partial charge in [-0.25, -0.2) is 13.1 Å². The van der Waals surface area contributed by atoms with E-state index in [-0.39, 0.29) is 16.8 Å². The summed E-state index contributed by atoms with van der Waals surface area (Å²) in [7, 11) is -2.16. The minimum absolute atomic E-state index is 0.195. The van der Waals surface area contributed by atoms with Gasteiger partial charge in [-0.1, -0.05) is 24.4 Å². The van der Waals surface area contributed by atoms with E-state index in [1.807, 2.05) is 12.1 Å². The van der Waals surface area contributed by atoms with Gasteiger partial charge in [0.05, 0.1) is 24.8 Å². The van der Waals surface area contributed by atoms with Gasteiger partial charge in [0.1, 0.15) is 5.75 Å². The predicted molar refractivity (Wildman–Crippen MR) is 120 cm³/mol. The number of methoxy groups -OCH3 is 1. The SMILES string of the molecule is COC(=O)CC[C@@H](CCCCNS(=O)(=O)c1ccc(Cl)cc1)CCOc1cccnc1. The third kappa shape index (κ3) is 9.67. The normalized spacial score (nSPS) is 12.3. The van der Waals surface area contributed by atoms with Crippen LogP contribution in [0.3, 0.4) is 0 Å². The van der Waals surface area contributed by atoms with E-state index in [4.69, 9.17) is 21.1 Å². The minimum Gasteiger partial charge on any atom is -0.492 e. The largest absolute Gasteiger partial charge is 0.492 e. The molecule has 0 amide bonds. The van der Waals surface area contributed by atoms with Crippen LogP contribution in [0.1, 0.15) is 38.5 Å². The standard InChI is InChI=1S/C22H29ClN2O5S/c1-29-22(26)12-7-18(13-16-30-20-6-4-14-24-17-20)5-2-3-15-25-31(27,28)21-10-8-19(23)9-11-21/h4,6,8-11,14,17-18,25H,2-3,5,7,12-13,15-16H2,1H3/t18-/m1/s1. The molecule has 1 aromatic carbocycles. The number of benzene rings is 1. The molecule has 0 unspecified atom stereocenters. The van der Waals surface area contributed by atoms with Gasteiger partial charge in [-0.15, -0.1) is 0 Å². The lowest BCUT2D eigenvalue weighted by Crippen LogP contribution is -2.24. The van der Waals surface area contributed by atoms with Crippen molar-refractivity contribution in [3.8, 4) is 5.75 Å². The van der Waals surface area contributed by atoms with E-state index in [1.165, 1.54) is 19.2 Å². The monoisotopic (exact) mass is 468 g/mol. The van der Waals surface area contributed by atoms with Crippen LogP contribution in [0.25, 0.3) is 0 Å². The number of hydrogen-bond acceptors (Lipinski definition) is 6. The van der Waals surface area contributed by atoms with Crippen LogP contribution in [0.4, 0.5) is 0 Å². The van der Waals surface area contributed by atoms with Crippen molar-refractivity contribution < 1.29 is 22.7 Å². The Morgan fingerprint density at radius 2 is 1.90 bits per heavy atom. The van der Waals surface area contributed by atoms with Crippen LogP contribution in [0.5, 0.6) is 5.75 Å². The second-order valence-corrected chi connectivity index (χ2v) is 9.36. The lowest BCUT2D eigenvalue weighted by molar-refractivity contribution is -0.141. The van der Waals surface area contributed by atoms with E-state index in [0.717, 1.165) is 19.3 Å². The van der Waals surface area contributed by atoms with Crippen LogP contribution in [0.15, 0.2) is 53.7 Å². The quantitative estimate of drug-likeness (QED) is 0.329. The molecule has 0 aliphatic carbocycles. The first-order chi connectivity index (χ1) is 14.9. The number of aromatic nitrogens is 1. The zero-order valence-corrected chi connectivity index (χ0v) is 19.2. The summed E-state index contributed by atoms with van der Waals surface area (Å²) in [6.45, 7) is 0.877. The predicted octanol–water partition coefficient (Wildman–Crippen LogP) is 4.22. The summed E-state index contributed by atoms with van der Waals surface area (Å²) in [5, 5.41) is 0.490. The van der Waals surface area contributed by atoms with E-state index >= 15 is 0 Å². The number of nitrogens with zero attached hydrogens (tertiary/aromatic N) is 1. The van der Waals surface area contributed by atoms with E-state index in [0.29, 0.717) is 43.2 Å². The first-order valence-corrected chi connectivity index (χ1v) is 12.1. The lowest BCUT2D eigenvalue weighted by atomic mass is 9.94. The van der Waals surface area contributed by atoms with Gasteiger partial charge in [-0.3, -0.25) is 9.78 Å². The van der Waals surface area contributed by atoms with Gasteiger partial charge in [-0.05, 0) is 61.6 Å². The molecule has 31 heavy (non-hydrogen) atoms. The van der Waals surface area contributed by atoms with Gasteiger partial charge in [0.15, 0.2) is 0 Å². The summed E-state index contributed by atoms with van der Waals surface area (Å²) >= 11 is 5.81. The molecular formula is C22H29ClN2O5S. The molecule has 2 rings (SSSR count). The maximum Gasteiger partial charge on any atom is 0.305 e. The highest BCUT2D eigenvalue weighted by Gasteiger charge is 2.15. The molecule has 0 radical (unpaired) electrons. The molecule has 0 aliphatic rings. The van der Waals surface area contributed by atoms with Crippen molar-refractivity contribution in [1.82, 2.24) is 9.71 Å².